The van der Waals surface area contributed by atoms with Crippen molar-refractivity contribution in [2.24, 2.45) is 0 Å². The zero-order valence-electron chi connectivity index (χ0n) is 12.5. The first kappa shape index (κ1) is 18.7. The average molecular weight is 347 g/mol. The Morgan fingerprint density at radius 1 is 1.09 bits per heavy atom. The summed E-state index contributed by atoms with van der Waals surface area (Å²) in [5, 5.41) is 5.47. The summed E-state index contributed by atoms with van der Waals surface area (Å²) in [5.41, 5.74) is 0.230. The number of hydrogen-bond donors (Lipinski definition) is 2. The van der Waals surface area contributed by atoms with Crippen molar-refractivity contribution in [2.75, 3.05) is 25.1 Å². The van der Waals surface area contributed by atoms with E-state index in [1.807, 2.05) is 0 Å². The van der Waals surface area contributed by atoms with E-state index in [2.05, 4.69) is 17.6 Å². The van der Waals surface area contributed by atoms with E-state index in [-0.39, 0.29) is 15.7 Å². The number of rotatable bonds is 8. The number of nitrogens with one attached hydrogen (secondary N) is 2. The van der Waals surface area contributed by atoms with Crippen LogP contribution in [0.4, 0.5) is 5.69 Å². The van der Waals surface area contributed by atoms with Gasteiger partial charge >= 0.3 is 11.8 Å². The molecule has 0 heterocycles. The van der Waals surface area contributed by atoms with Crippen molar-refractivity contribution in [3.63, 3.8) is 0 Å². The summed E-state index contributed by atoms with van der Waals surface area (Å²) in [6, 6.07) is 4.81. The maximum absolute atomic E-state index is 11.8. The fourth-order valence-corrected chi connectivity index (χ4v) is 2.08. The highest BCUT2D eigenvalue weighted by molar-refractivity contribution is 6.44. The van der Waals surface area contributed by atoms with Crippen LogP contribution in [0.3, 0.4) is 0 Å². The molecule has 2 amide bonds. The third kappa shape index (κ3) is 6.64. The zero-order valence-corrected chi connectivity index (χ0v) is 14.0. The van der Waals surface area contributed by atoms with Gasteiger partial charge in [0, 0.05) is 19.8 Å². The second-order valence-electron chi connectivity index (χ2n) is 4.63. The van der Waals surface area contributed by atoms with Crippen LogP contribution < -0.4 is 10.6 Å². The van der Waals surface area contributed by atoms with Gasteiger partial charge in [0.05, 0.1) is 15.7 Å². The van der Waals surface area contributed by atoms with Crippen molar-refractivity contribution in [2.45, 2.75) is 26.2 Å². The third-order valence-corrected chi connectivity index (χ3v) is 3.43. The fourth-order valence-electron chi connectivity index (χ4n) is 1.59. The van der Waals surface area contributed by atoms with Gasteiger partial charge in [-0.1, -0.05) is 42.6 Å². The summed E-state index contributed by atoms with van der Waals surface area (Å²) >= 11 is 11.8. The maximum atomic E-state index is 11.8. The van der Waals surface area contributed by atoms with Gasteiger partial charge in [-0.2, -0.15) is 0 Å². The van der Waals surface area contributed by atoms with Crippen LogP contribution in [0, 0.1) is 0 Å². The van der Waals surface area contributed by atoms with Crippen molar-refractivity contribution >= 4 is 40.7 Å². The standard InChI is InChI=1S/C15H20Cl2N2O3/c1-2-3-9-22-10-5-8-18-14(20)15(21)19-13-11(16)6-4-7-12(13)17/h4,6-7H,2-3,5,8-10H2,1H3,(H,18,20)(H,19,21). The summed E-state index contributed by atoms with van der Waals surface area (Å²) < 4.78 is 5.36. The second kappa shape index (κ2) is 10.4. The van der Waals surface area contributed by atoms with Crippen LogP contribution in [0.2, 0.25) is 10.0 Å². The summed E-state index contributed by atoms with van der Waals surface area (Å²) in [6.07, 6.45) is 2.75. The molecule has 0 saturated heterocycles. The quantitative estimate of drug-likeness (QED) is 0.560. The lowest BCUT2D eigenvalue weighted by Gasteiger charge is -2.09. The molecule has 0 spiro atoms. The lowest BCUT2D eigenvalue weighted by Crippen LogP contribution is -2.36. The van der Waals surface area contributed by atoms with Crippen LogP contribution in [0.25, 0.3) is 0 Å². The predicted molar refractivity (Wildman–Crippen MR) is 88.4 cm³/mol. The van der Waals surface area contributed by atoms with E-state index in [0.29, 0.717) is 19.6 Å². The van der Waals surface area contributed by atoms with Gasteiger partial charge in [0.2, 0.25) is 0 Å². The van der Waals surface area contributed by atoms with E-state index in [1.54, 1.807) is 18.2 Å². The number of para-hydroxylation sites is 1. The highest BCUT2D eigenvalue weighted by Gasteiger charge is 2.16. The Balaban J connectivity index is 2.29. The molecule has 7 heteroatoms. The number of ether oxygens (including phenoxy) is 1. The smallest absolute Gasteiger partial charge is 0.313 e. The van der Waals surface area contributed by atoms with Crippen molar-refractivity contribution in [3.8, 4) is 0 Å². The SMILES string of the molecule is CCCCOCCCNC(=O)C(=O)Nc1c(Cl)cccc1Cl. The summed E-state index contributed by atoms with van der Waals surface area (Å²) in [7, 11) is 0. The monoisotopic (exact) mass is 346 g/mol. The number of benzene rings is 1. The van der Waals surface area contributed by atoms with Crippen LogP contribution in [0.15, 0.2) is 18.2 Å². The normalized spacial score (nSPS) is 10.3. The minimum absolute atomic E-state index is 0.230. The third-order valence-electron chi connectivity index (χ3n) is 2.80. The molecule has 22 heavy (non-hydrogen) atoms. The Morgan fingerprint density at radius 2 is 1.73 bits per heavy atom. The molecule has 0 fully saturated rings. The van der Waals surface area contributed by atoms with Crippen molar-refractivity contribution in [3.05, 3.63) is 28.2 Å². The summed E-state index contributed by atoms with van der Waals surface area (Å²) in [5.74, 6) is -1.54. The molecule has 0 aliphatic carbocycles. The summed E-state index contributed by atoms with van der Waals surface area (Å²) in [6.45, 7) is 3.73. The van der Waals surface area contributed by atoms with Crippen LogP contribution >= 0.6 is 23.2 Å². The first-order valence-corrected chi connectivity index (χ1v) is 7.92. The molecule has 0 bridgehead atoms. The number of amides is 2. The molecule has 1 aromatic rings. The Bertz CT molecular complexity index is 489. The van der Waals surface area contributed by atoms with Gasteiger partial charge in [-0.25, -0.2) is 0 Å². The largest absolute Gasteiger partial charge is 0.381 e. The van der Waals surface area contributed by atoms with E-state index in [0.717, 1.165) is 19.4 Å². The average Bonchev–Trinajstić information content (AvgIpc) is 2.49. The number of unbranched alkanes of at least 4 members (excludes halogenated alkanes) is 1. The minimum Gasteiger partial charge on any atom is -0.381 e. The number of carbonyl (C=O) groups is 2. The second-order valence-corrected chi connectivity index (χ2v) is 5.44. The van der Waals surface area contributed by atoms with Crippen LogP contribution in [-0.2, 0) is 14.3 Å². The van der Waals surface area contributed by atoms with Gasteiger partial charge in [0.1, 0.15) is 0 Å². The minimum atomic E-state index is -0.804. The van der Waals surface area contributed by atoms with Gasteiger partial charge in [0.25, 0.3) is 0 Å². The molecule has 1 aromatic carbocycles. The zero-order chi connectivity index (χ0) is 16.4. The molecular weight excluding hydrogens is 327 g/mol. The van der Waals surface area contributed by atoms with Crippen molar-refractivity contribution in [1.82, 2.24) is 5.32 Å². The highest BCUT2D eigenvalue weighted by atomic mass is 35.5. The first-order chi connectivity index (χ1) is 10.6. The van der Waals surface area contributed by atoms with Crippen LogP contribution in [-0.4, -0.2) is 31.6 Å². The first-order valence-electron chi connectivity index (χ1n) is 7.17. The van der Waals surface area contributed by atoms with Crippen molar-refractivity contribution < 1.29 is 14.3 Å². The number of halogens is 2. The van der Waals surface area contributed by atoms with E-state index < -0.39 is 11.8 Å². The van der Waals surface area contributed by atoms with Crippen LogP contribution in [0.5, 0.6) is 0 Å². The molecule has 0 unspecified atom stereocenters. The molecule has 5 nitrogen and oxygen atoms in total. The van der Waals surface area contributed by atoms with E-state index >= 15 is 0 Å². The number of anilines is 1. The Morgan fingerprint density at radius 3 is 2.36 bits per heavy atom. The molecule has 0 aromatic heterocycles. The lowest BCUT2D eigenvalue weighted by molar-refractivity contribution is -0.136. The van der Waals surface area contributed by atoms with E-state index in [1.165, 1.54) is 0 Å². The molecule has 0 aliphatic heterocycles. The molecule has 122 valence electrons. The van der Waals surface area contributed by atoms with Gasteiger partial charge in [-0.05, 0) is 25.0 Å². The molecule has 1 rings (SSSR count). The Labute approximate surface area is 140 Å². The molecule has 2 N–H and O–H groups in total. The molecule has 0 radical (unpaired) electrons. The van der Waals surface area contributed by atoms with Gasteiger partial charge in [-0.3, -0.25) is 9.59 Å². The topological polar surface area (TPSA) is 67.4 Å². The molecule has 0 saturated carbocycles. The highest BCUT2D eigenvalue weighted by Crippen LogP contribution is 2.29. The lowest BCUT2D eigenvalue weighted by atomic mass is 10.3. The van der Waals surface area contributed by atoms with Gasteiger partial charge in [-0.15, -0.1) is 0 Å². The maximum Gasteiger partial charge on any atom is 0.313 e. The molecule has 0 aliphatic rings. The molecule has 0 atom stereocenters. The summed E-state index contributed by atoms with van der Waals surface area (Å²) in [4.78, 5) is 23.4. The van der Waals surface area contributed by atoms with Crippen molar-refractivity contribution in [1.29, 1.82) is 0 Å². The molecular formula is C15H20Cl2N2O3. The Hall–Kier alpha value is -1.30. The van der Waals surface area contributed by atoms with Gasteiger partial charge in [0.15, 0.2) is 0 Å². The number of carbonyl (C=O) groups excluding carboxylic acids is 2. The van der Waals surface area contributed by atoms with E-state index in [4.69, 9.17) is 27.9 Å². The van der Waals surface area contributed by atoms with E-state index in [9.17, 15) is 9.59 Å². The van der Waals surface area contributed by atoms with Crippen LogP contribution in [0.1, 0.15) is 26.2 Å². The predicted octanol–water partition coefficient (Wildman–Crippen LogP) is 3.25. The number of hydrogen-bond acceptors (Lipinski definition) is 3. The van der Waals surface area contributed by atoms with Gasteiger partial charge < -0.3 is 15.4 Å². The fraction of sp³-hybridized carbons (Fsp3) is 0.467. The Kier molecular flexibility index (Phi) is 8.89.